The van der Waals surface area contributed by atoms with Crippen molar-refractivity contribution in [1.29, 1.82) is 0 Å². The number of aryl methyl sites for hydroxylation is 1. The van der Waals surface area contributed by atoms with Gasteiger partial charge in [-0.1, -0.05) is 13.8 Å². The lowest BCUT2D eigenvalue weighted by Crippen LogP contribution is -2.41. The van der Waals surface area contributed by atoms with Crippen LogP contribution in [0.4, 0.5) is 5.69 Å². The molecule has 0 radical (unpaired) electrons. The maximum atomic E-state index is 12.5. The van der Waals surface area contributed by atoms with Crippen molar-refractivity contribution in [1.82, 2.24) is 19.8 Å². The van der Waals surface area contributed by atoms with Gasteiger partial charge in [0, 0.05) is 32.0 Å². The van der Waals surface area contributed by atoms with Crippen molar-refractivity contribution in [3.63, 3.8) is 0 Å². The summed E-state index contributed by atoms with van der Waals surface area (Å²) in [6.07, 6.45) is 6.62. The van der Waals surface area contributed by atoms with E-state index in [-0.39, 0.29) is 17.7 Å². The Morgan fingerprint density at radius 3 is 2.76 bits per heavy atom. The number of likely N-dealkylation sites (tertiary alicyclic amines) is 2. The SMILES string of the molecule is CCc1ncc(NC(=O)C2CC(=O)N(CC3CCCN3CC)C2)cn1. The molecule has 3 heterocycles. The predicted molar refractivity (Wildman–Crippen MR) is 95.0 cm³/mol. The van der Waals surface area contributed by atoms with Crippen molar-refractivity contribution in [3.8, 4) is 0 Å². The minimum atomic E-state index is -0.296. The number of hydrogen-bond acceptors (Lipinski definition) is 5. The largest absolute Gasteiger partial charge is 0.340 e. The molecule has 2 atom stereocenters. The Morgan fingerprint density at radius 1 is 1.32 bits per heavy atom. The lowest BCUT2D eigenvalue weighted by atomic mass is 10.1. The monoisotopic (exact) mass is 345 g/mol. The van der Waals surface area contributed by atoms with Crippen LogP contribution in [0.5, 0.6) is 0 Å². The highest BCUT2D eigenvalue weighted by molar-refractivity contribution is 5.97. The fourth-order valence-corrected chi connectivity index (χ4v) is 3.74. The summed E-state index contributed by atoms with van der Waals surface area (Å²) >= 11 is 0. The summed E-state index contributed by atoms with van der Waals surface area (Å²) in [5, 5.41) is 2.84. The van der Waals surface area contributed by atoms with Crippen molar-refractivity contribution in [2.45, 2.75) is 45.6 Å². The van der Waals surface area contributed by atoms with E-state index in [1.165, 1.54) is 6.42 Å². The first-order valence-corrected chi connectivity index (χ1v) is 9.24. The molecule has 1 N–H and O–H groups in total. The Hall–Kier alpha value is -2.02. The van der Waals surface area contributed by atoms with Gasteiger partial charge in [0.15, 0.2) is 0 Å². The molecule has 2 aliphatic rings. The number of rotatable bonds is 6. The van der Waals surface area contributed by atoms with E-state index in [4.69, 9.17) is 0 Å². The number of nitrogens with one attached hydrogen (secondary N) is 1. The minimum absolute atomic E-state index is 0.0840. The summed E-state index contributed by atoms with van der Waals surface area (Å²) in [6, 6.07) is 0.436. The maximum absolute atomic E-state index is 12.5. The van der Waals surface area contributed by atoms with Gasteiger partial charge in [0.2, 0.25) is 11.8 Å². The molecule has 1 aromatic heterocycles. The molecule has 2 unspecified atom stereocenters. The van der Waals surface area contributed by atoms with E-state index in [0.717, 1.165) is 38.3 Å². The zero-order chi connectivity index (χ0) is 17.8. The number of carbonyl (C=O) groups is 2. The van der Waals surface area contributed by atoms with Gasteiger partial charge in [-0.25, -0.2) is 9.97 Å². The first-order valence-electron chi connectivity index (χ1n) is 9.24. The fourth-order valence-electron chi connectivity index (χ4n) is 3.74. The molecule has 2 aliphatic heterocycles. The molecular formula is C18H27N5O2. The smallest absolute Gasteiger partial charge is 0.229 e. The second-order valence-electron chi connectivity index (χ2n) is 6.86. The third-order valence-corrected chi connectivity index (χ3v) is 5.21. The van der Waals surface area contributed by atoms with E-state index in [1.54, 1.807) is 12.4 Å². The Kier molecular flexibility index (Phi) is 5.63. The average Bonchev–Trinajstić information content (AvgIpc) is 3.22. The van der Waals surface area contributed by atoms with E-state index in [0.29, 0.717) is 24.7 Å². The van der Waals surface area contributed by atoms with Crippen LogP contribution in [-0.4, -0.2) is 63.8 Å². The number of carbonyl (C=O) groups excluding carboxylic acids is 2. The van der Waals surface area contributed by atoms with Gasteiger partial charge in [0.05, 0.1) is 24.0 Å². The molecule has 0 saturated carbocycles. The molecule has 3 rings (SSSR count). The van der Waals surface area contributed by atoms with Crippen LogP contribution in [0.25, 0.3) is 0 Å². The number of amides is 2. The Bertz CT molecular complexity index is 618. The standard InChI is InChI=1S/C18H27N5O2/c1-3-16-19-9-14(10-20-16)21-18(25)13-8-17(24)23(11-13)12-15-6-5-7-22(15)4-2/h9-10,13,15H,3-8,11-12H2,1-2H3,(H,21,25). The van der Waals surface area contributed by atoms with E-state index in [2.05, 4.69) is 27.1 Å². The van der Waals surface area contributed by atoms with Crippen molar-refractivity contribution >= 4 is 17.5 Å². The quantitative estimate of drug-likeness (QED) is 0.841. The molecule has 7 heteroatoms. The van der Waals surface area contributed by atoms with Crippen molar-refractivity contribution < 1.29 is 9.59 Å². The summed E-state index contributed by atoms with van der Waals surface area (Å²) < 4.78 is 0. The second kappa shape index (κ2) is 7.91. The van der Waals surface area contributed by atoms with E-state index in [1.807, 2.05) is 11.8 Å². The van der Waals surface area contributed by atoms with Crippen LogP contribution in [0, 0.1) is 5.92 Å². The van der Waals surface area contributed by atoms with Gasteiger partial charge in [-0.15, -0.1) is 0 Å². The molecule has 0 aromatic carbocycles. The molecule has 0 aliphatic carbocycles. The van der Waals surface area contributed by atoms with E-state index < -0.39 is 0 Å². The van der Waals surface area contributed by atoms with Crippen molar-refractivity contribution in [2.75, 3.05) is 31.5 Å². The number of anilines is 1. The topological polar surface area (TPSA) is 78.4 Å². The van der Waals surface area contributed by atoms with Crippen molar-refractivity contribution in [2.24, 2.45) is 5.92 Å². The van der Waals surface area contributed by atoms with E-state index in [9.17, 15) is 9.59 Å². The maximum Gasteiger partial charge on any atom is 0.229 e. The highest BCUT2D eigenvalue weighted by Gasteiger charge is 2.36. The third kappa shape index (κ3) is 4.15. The van der Waals surface area contributed by atoms with Gasteiger partial charge >= 0.3 is 0 Å². The molecule has 7 nitrogen and oxygen atoms in total. The van der Waals surface area contributed by atoms with Crippen LogP contribution in [0.3, 0.4) is 0 Å². The second-order valence-corrected chi connectivity index (χ2v) is 6.86. The highest BCUT2D eigenvalue weighted by atomic mass is 16.2. The van der Waals surface area contributed by atoms with Crippen LogP contribution in [0.1, 0.15) is 38.9 Å². The lowest BCUT2D eigenvalue weighted by molar-refractivity contribution is -0.128. The van der Waals surface area contributed by atoms with Gasteiger partial charge in [0.1, 0.15) is 5.82 Å². The van der Waals surface area contributed by atoms with E-state index >= 15 is 0 Å². The summed E-state index contributed by atoms with van der Waals surface area (Å²) in [7, 11) is 0. The number of likely N-dealkylation sites (N-methyl/N-ethyl adjacent to an activating group) is 1. The van der Waals surface area contributed by atoms with Crippen LogP contribution in [0.2, 0.25) is 0 Å². The minimum Gasteiger partial charge on any atom is -0.340 e. The van der Waals surface area contributed by atoms with Gasteiger partial charge in [-0.2, -0.15) is 0 Å². The lowest BCUT2D eigenvalue weighted by Gasteiger charge is -2.27. The third-order valence-electron chi connectivity index (χ3n) is 5.21. The van der Waals surface area contributed by atoms with Gasteiger partial charge in [-0.3, -0.25) is 14.5 Å². The normalized spacial score (nSPS) is 24.1. The first-order chi connectivity index (χ1) is 12.1. The summed E-state index contributed by atoms with van der Waals surface area (Å²) in [6.45, 7) is 7.52. The predicted octanol–water partition coefficient (Wildman–Crippen LogP) is 1.31. The molecule has 136 valence electrons. The Morgan fingerprint density at radius 2 is 2.08 bits per heavy atom. The number of aromatic nitrogens is 2. The highest BCUT2D eigenvalue weighted by Crippen LogP contribution is 2.24. The van der Waals surface area contributed by atoms with Gasteiger partial charge in [0.25, 0.3) is 0 Å². The van der Waals surface area contributed by atoms with Crippen LogP contribution >= 0.6 is 0 Å². The Balaban J connectivity index is 1.54. The molecule has 25 heavy (non-hydrogen) atoms. The summed E-state index contributed by atoms with van der Waals surface area (Å²) in [5.74, 6) is 0.412. The van der Waals surface area contributed by atoms with Crippen LogP contribution in [0.15, 0.2) is 12.4 Å². The molecule has 1 aromatic rings. The zero-order valence-electron chi connectivity index (χ0n) is 15.1. The molecule has 2 amide bonds. The van der Waals surface area contributed by atoms with Gasteiger partial charge < -0.3 is 10.2 Å². The molecule has 2 fully saturated rings. The van der Waals surface area contributed by atoms with Crippen molar-refractivity contribution in [3.05, 3.63) is 18.2 Å². The molecule has 0 spiro atoms. The molecular weight excluding hydrogens is 318 g/mol. The summed E-state index contributed by atoms with van der Waals surface area (Å²) in [4.78, 5) is 37.4. The fraction of sp³-hybridized carbons (Fsp3) is 0.667. The summed E-state index contributed by atoms with van der Waals surface area (Å²) in [5.41, 5.74) is 0.584. The zero-order valence-corrected chi connectivity index (χ0v) is 15.1. The molecule has 0 bridgehead atoms. The van der Waals surface area contributed by atoms with Crippen LogP contribution in [-0.2, 0) is 16.0 Å². The van der Waals surface area contributed by atoms with Crippen LogP contribution < -0.4 is 5.32 Å². The van der Waals surface area contributed by atoms with Gasteiger partial charge in [-0.05, 0) is 25.9 Å². The number of hydrogen-bond donors (Lipinski definition) is 1. The molecule has 2 saturated heterocycles. The number of nitrogens with zero attached hydrogens (tertiary/aromatic N) is 4. The Labute approximate surface area is 148 Å². The first kappa shape index (κ1) is 17.8. The average molecular weight is 345 g/mol.